The first-order valence-electron chi connectivity index (χ1n) is 23.3. The van der Waals surface area contributed by atoms with E-state index in [-0.39, 0.29) is 65.9 Å². The van der Waals surface area contributed by atoms with Gasteiger partial charge in [-0.05, 0) is 117 Å². The Morgan fingerprint density at radius 1 is 0.849 bits per heavy atom. The minimum absolute atomic E-state index is 0.0241. The number of amidine groups is 1. The summed E-state index contributed by atoms with van der Waals surface area (Å²) in [4.78, 5) is 32.6. The first kappa shape index (κ1) is 56.6. The average Bonchev–Trinajstić information content (AvgIpc) is 3.62. The Morgan fingerprint density at radius 3 is 2.19 bits per heavy atom. The van der Waals surface area contributed by atoms with Crippen LogP contribution in [0.2, 0.25) is 20.1 Å². The van der Waals surface area contributed by atoms with Gasteiger partial charge in [0.2, 0.25) is 6.04 Å². The van der Waals surface area contributed by atoms with Gasteiger partial charge in [0.1, 0.15) is 28.7 Å². The summed E-state index contributed by atoms with van der Waals surface area (Å²) in [5.74, 6) is -0.599. The van der Waals surface area contributed by atoms with E-state index < -0.39 is 50.2 Å². The zero-order chi connectivity index (χ0) is 52.8. The first-order valence-corrected chi connectivity index (χ1v) is 27.3. The molecule has 0 bridgehead atoms. The van der Waals surface area contributed by atoms with Crippen molar-refractivity contribution >= 4 is 114 Å². The van der Waals surface area contributed by atoms with Crippen LogP contribution in [0, 0.1) is 13.8 Å². The molecule has 0 aromatic heterocycles. The van der Waals surface area contributed by atoms with Crippen molar-refractivity contribution in [3.8, 4) is 23.0 Å². The molecule has 3 atom stereocenters. The number of rotatable bonds is 25. The molecule has 3 unspecified atom stereocenters. The fourth-order valence-electron chi connectivity index (χ4n) is 7.60. The number of aliphatic imine (C=N–C) groups is 1. The van der Waals surface area contributed by atoms with Crippen LogP contribution in [0.3, 0.4) is 0 Å². The van der Waals surface area contributed by atoms with Gasteiger partial charge < -0.3 is 24.1 Å². The number of aryl methyl sites for hydroxylation is 2. The molecule has 73 heavy (non-hydrogen) atoms. The van der Waals surface area contributed by atoms with E-state index in [2.05, 4.69) is 32.6 Å². The number of amides is 2. The summed E-state index contributed by atoms with van der Waals surface area (Å²) >= 11 is 23.7. The predicted molar refractivity (Wildman–Crippen MR) is 288 cm³/mol. The van der Waals surface area contributed by atoms with Gasteiger partial charge in [-0.25, -0.2) is 10.0 Å². The molecule has 0 spiro atoms. The molecule has 5 aromatic carbocycles. The molecular formula is C50H55Cl4N7O10S2. The van der Waals surface area contributed by atoms with Crippen LogP contribution >= 0.6 is 46.4 Å². The van der Waals surface area contributed by atoms with Crippen molar-refractivity contribution in [3.63, 3.8) is 0 Å². The number of methoxy groups -OCH3 is 1. The van der Waals surface area contributed by atoms with Crippen molar-refractivity contribution in [1.29, 1.82) is 0 Å². The highest BCUT2D eigenvalue weighted by Gasteiger charge is 2.41. The van der Waals surface area contributed by atoms with E-state index in [0.29, 0.717) is 29.0 Å². The maximum atomic E-state index is 14.3. The molecule has 17 nitrogen and oxygen atoms in total. The number of azo groups is 1. The van der Waals surface area contributed by atoms with E-state index in [1.165, 1.54) is 106 Å². The van der Waals surface area contributed by atoms with E-state index in [1.54, 1.807) is 32.0 Å². The molecule has 0 radical (unpaired) electrons. The first-order chi connectivity index (χ1) is 34.8. The fraction of sp³-hybridized carbons (Fsp3) is 0.340. The third kappa shape index (κ3) is 16.2. The second-order valence-corrected chi connectivity index (χ2v) is 21.0. The third-order valence-electron chi connectivity index (χ3n) is 11.3. The number of halogens is 4. The van der Waals surface area contributed by atoms with Crippen molar-refractivity contribution < 1.29 is 45.5 Å². The zero-order valence-corrected chi connectivity index (χ0v) is 45.0. The maximum absolute atomic E-state index is 14.3. The van der Waals surface area contributed by atoms with Gasteiger partial charge in [0, 0.05) is 16.8 Å². The van der Waals surface area contributed by atoms with Crippen molar-refractivity contribution in [3.05, 3.63) is 116 Å². The van der Waals surface area contributed by atoms with Gasteiger partial charge >= 0.3 is 11.3 Å². The minimum atomic E-state index is -4.59. The Hall–Kier alpha value is -5.67. The number of carbonyl (C=O) groups is 2. The summed E-state index contributed by atoms with van der Waals surface area (Å²) in [5.41, 5.74) is 4.66. The number of phenolic OH excluding ortho intramolecular Hbond substituents is 1. The van der Waals surface area contributed by atoms with Gasteiger partial charge in [-0.3, -0.25) is 24.3 Å². The lowest BCUT2D eigenvalue weighted by molar-refractivity contribution is -0.123. The van der Waals surface area contributed by atoms with Gasteiger partial charge in [0.15, 0.2) is 11.9 Å². The van der Waals surface area contributed by atoms with Gasteiger partial charge in [0.05, 0.1) is 44.1 Å². The molecule has 1 aliphatic rings. The number of aromatic hydroxyl groups is 1. The van der Waals surface area contributed by atoms with Crippen LogP contribution in [0.5, 0.6) is 23.0 Å². The van der Waals surface area contributed by atoms with E-state index in [1.807, 2.05) is 0 Å². The Bertz CT molecular complexity index is 2980. The quantitative estimate of drug-likeness (QED) is 0.0210. The molecule has 5 aromatic rings. The maximum Gasteiger partial charge on any atom is 0.316 e. The van der Waals surface area contributed by atoms with Gasteiger partial charge in [0.25, 0.3) is 21.9 Å². The second-order valence-electron chi connectivity index (χ2n) is 17.1. The van der Waals surface area contributed by atoms with Crippen LogP contribution in [0.4, 0.5) is 28.4 Å². The van der Waals surface area contributed by atoms with Crippen LogP contribution < -0.4 is 34.1 Å². The van der Waals surface area contributed by atoms with Crippen molar-refractivity contribution in [1.82, 2.24) is 5.43 Å². The standard InChI is InChI=1S/C50H55Cl4N7O10S2/c1-5-6-7-8-9-10-11-12-13-14-15-45(70-35-18-20-43(62)31(3)24-35)49(63)55-33-16-19-38(52)41(27-33)56-48-46(50(64)61(59-48)47-39(53)25-32(51)26-40(47)54)58-57-34-17-21-44(69-4)42(28-34)60-72(65)71-36-22-30(2)23-37(29-36)73(66,67)68/h16-29,45-46,60,62H,5-15H2,1-4H3,(H,55,63)(H,56,59)(H,66,67,68). The van der Waals surface area contributed by atoms with Crippen LogP contribution in [0.25, 0.3) is 0 Å². The lowest BCUT2D eigenvalue weighted by Crippen LogP contribution is -2.36. The number of hydrazine groups is 1. The molecule has 1 saturated heterocycles. The molecule has 23 heteroatoms. The van der Waals surface area contributed by atoms with Crippen molar-refractivity contribution in [2.75, 3.05) is 22.2 Å². The number of ether oxygens (including phenoxy) is 2. The number of nitrogens with zero attached hydrogens (tertiary/aromatic N) is 4. The number of hydrogen-bond acceptors (Lipinski definition) is 12. The van der Waals surface area contributed by atoms with Crippen LogP contribution in [0.1, 0.15) is 88.7 Å². The van der Waals surface area contributed by atoms with Crippen molar-refractivity contribution in [2.24, 2.45) is 15.2 Å². The summed E-state index contributed by atoms with van der Waals surface area (Å²) < 4.78 is 66.0. The molecule has 1 fully saturated rings. The van der Waals surface area contributed by atoms with Gasteiger partial charge in [-0.2, -0.15) is 22.9 Å². The normalized spacial score (nSPS) is 15.1. The lowest BCUT2D eigenvalue weighted by atomic mass is 10.0. The number of carbonyl (C=O) groups excluding carboxylic acids is 2. The van der Waals surface area contributed by atoms with Gasteiger partial charge in [-0.15, -0.1) is 0 Å². The molecule has 1 aliphatic heterocycles. The molecule has 390 valence electrons. The fourth-order valence-corrected chi connectivity index (χ4v) is 10.00. The summed E-state index contributed by atoms with van der Waals surface area (Å²) in [6.07, 6.45) is 10.8. The molecule has 5 N–H and O–H groups in total. The molecular weight excluding hydrogens is 1060 g/mol. The SMILES string of the molecule is CCCCCCCCCCCCC(Oc1ccc(O)c(C)c1)C(=O)Nc1ccc(Cl)c(N=C2NN(c3c(Cl)cc(Cl)cc3Cl)C(=O)C2N=Nc2ccc(OC)c(NS(=O)Oc3cc(C)cc(S(=O)(=O)O)c3)c2)c1. The monoisotopic (exact) mass is 1120 g/mol. The number of hydrogen-bond donors (Lipinski definition) is 5. The number of unbranched alkanes of at least 4 members (excludes halogenated alkanes) is 9. The van der Waals surface area contributed by atoms with Gasteiger partial charge in [-0.1, -0.05) is 111 Å². The van der Waals surface area contributed by atoms with Crippen LogP contribution in [0.15, 0.2) is 105 Å². The van der Waals surface area contributed by atoms with Crippen LogP contribution in [-0.4, -0.2) is 59.2 Å². The number of anilines is 3. The smallest absolute Gasteiger partial charge is 0.316 e. The van der Waals surface area contributed by atoms with E-state index in [9.17, 15) is 31.9 Å². The number of benzene rings is 5. The largest absolute Gasteiger partial charge is 0.508 e. The Balaban J connectivity index is 1.25. The Labute approximate surface area is 447 Å². The molecule has 2 amide bonds. The number of nitrogens with one attached hydrogen (secondary N) is 3. The Kier molecular flexibility index (Phi) is 20.6. The third-order valence-corrected chi connectivity index (χ3v) is 14.0. The Morgan fingerprint density at radius 2 is 1.53 bits per heavy atom. The molecule has 0 aliphatic carbocycles. The highest BCUT2D eigenvalue weighted by Crippen LogP contribution is 2.39. The van der Waals surface area contributed by atoms with E-state index in [4.69, 9.17) is 65.1 Å². The second kappa shape index (κ2) is 26.5. The minimum Gasteiger partial charge on any atom is -0.508 e. The summed E-state index contributed by atoms with van der Waals surface area (Å²) in [5, 5.41) is 23.2. The highest BCUT2D eigenvalue weighted by atomic mass is 35.5. The topological polar surface area (TPSA) is 230 Å². The van der Waals surface area contributed by atoms with E-state index in [0.717, 1.165) is 36.8 Å². The highest BCUT2D eigenvalue weighted by molar-refractivity contribution is 7.85. The molecule has 0 saturated carbocycles. The lowest BCUT2D eigenvalue weighted by Gasteiger charge is -2.20. The summed E-state index contributed by atoms with van der Waals surface area (Å²) in [6.45, 7) is 5.51. The molecule has 6 rings (SSSR count). The van der Waals surface area contributed by atoms with Crippen LogP contribution in [-0.2, 0) is 31.0 Å². The predicted octanol–water partition coefficient (Wildman–Crippen LogP) is 13.4. The number of phenols is 1. The average molecular weight is 1120 g/mol. The molecule has 1 heterocycles. The zero-order valence-electron chi connectivity index (χ0n) is 40.3. The van der Waals surface area contributed by atoms with E-state index >= 15 is 0 Å². The van der Waals surface area contributed by atoms with Crippen molar-refractivity contribution in [2.45, 2.75) is 108 Å². The summed E-state index contributed by atoms with van der Waals surface area (Å²) in [7, 11) is -3.22. The summed E-state index contributed by atoms with van der Waals surface area (Å²) in [6, 6.07) is 18.8.